The average Bonchev–Trinajstić information content (AvgIpc) is 2.58. The van der Waals surface area contributed by atoms with Crippen molar-refractivity contribution in [2.75, 3.05) is 6.61 Å². The Labute approximate surface area is 171 Å². The summed E-state index contributed by atoms with van der Waals surface area (Å²) < 4.78 is 6.53. The lowest BCUT2D eigenvalue weighted by molar-refractivity contribution is 0.0421. The summed E-state index contributed by atoms with van der Waals surface area (Å²) in [6, 6.07) is 0. The van der Waals surface area contributed by atoms with E-state index in [-0.39, 0.29) is 17.7 Å². The third kappa shape index (κ3) is 13.8. The normalized spacial score (nSPS) is 15.1. The van der Waals surface area contributed by atoms with Crippen LogP contribution in [0.2, 0.25) is 18.1 Å². The molecule has 0 saturated heterocycles. The Bertz CT molecular complexity index is 339. The standard InChI is InChI=1S/C23H50O3Si/c1-7-8-9-10-11-12-13-14-15-16-17-18-22(19-21(25)20-24)26-27(5,6)23(2,3)4/h21-22,24-25H,7-20H2,1-6H3/t21-,22+/m0/s1. The lowest BCUT2D eigenvalue weighted by Gasteiger charge is -2.39. The second-order valence-corrected chi connectivity index (χ2v) is 14.7. The van der Waals surface area contributed by atoms with Crippen LogP contribution >= 0.6 is 0 Å². The van der Waals surface area contributed by atoms with E-state index in [2.05, 4.69) is 40.8 Å². The summed E-state index contributed by atoms with van der Waals surface area (Å²) in [5, 5.41) is 19.3. The first-order chi connectivity index (χ1) is 12.6. The zero-order valence-corrected chi connectivity index (χ0v) is 20.4. The molecule has 0 bridgehead atoms. The Balaban J connectivity index is 4.03. The third-order valence-corrected chi connectivity index (χ3v) is 10.7. The highest BCUT2D eigenvalue weighted by molar-refractivity contribution is 6.74. The zero-order chi connectivity index (χ0) is 20.8. The van der Waals surface area contributed by atoms with Crippen molar-refractivity contribution in [3.63, 3.8) is 0 Å². The van der Waals surface area contributed by atoms with Gasteiger partial charge in [0.2, 0.25) is 0 Å². The van der Waals surface area contributed by atoms with Crippen molar-refractivity contribution in [2.24, 2.45) is 0 Å². The minimum Gasteiger partial charge on any atom is -0.414 e. The fourth-order valence-corrected chi connectivity index (χ4v) is 4.63. The molecule has 0 saturated carbocycles. The summed E-state index contributed by atoms with van der Waals surface area (Å²) in [5.74, 6) is 0. The maximum absolute atomic E-state index is 9.89. The van der Waals surface area contributed by atoms with Crippen LogP contribution in [-0.2, 0) is 4.43 Å². The van der Waals surface area contributed by atoms with Crippen molar-refractivity contribution < 1.29 is 14.6 Å². The zero-order valence-electron chi connectivity index (χ0n) is 19.4. The van der Waals surface area contributed by atoms with Crippen LogP contribution in [0.4, 0.5) is 0 Å². The molecule has 0 aromatic heterocycles. The van der Waals surface area contributed by atoms with Gasteiger partial charge in [0.1, 0.15) is 0 Å². The molecule has 0 aliphatic rings. The molecule has 0 fully saturated rings. The van der Waals surface area contributed by atoms with Crippen molar-refractivity contribution in [1.29, 1.82) is 0 Å². The highest BCUT2D eigenvalue weighted by Gasteiger charge is 2.39. The number of rotatable bonds is 17. The number of hydrogen-bond donors (Lipinski definition) is 2. The van der Waals surface area contributed by atoms with Crippen molar-refractivity contribution in [2.45, 2.75) is 142 Å². The summed E-state index contributed by atoms with van der Waals surface area (Å²) in [5.41, 5.74) is 0. The molecule has 0 aromatic carbocycles. The predicted molar refractivity (Wildman–Crippen MR) is 121 cm³/mol. The smallest absolute Gasteiger partial charge is 0.192 e. The maximum Gasteiger partial charge on any atom is 0.192 e. The average molecular weight is 403 g/mol. The van der Waals surface area contributed by atoms with Gasteiger partial charge in [-0.2, -0.15) is 0 Å². The molecule has 0 radical (unpaired) electrons. The first-order valence-corrected chi connectivity index (χ1v) is 14.5. The van der Waals surface area contributed by atoms with Gasteiger partial charge in [-0.3, -0.25) is 0 Å². The minimum atomic E-state index is -1.84. The Morgan fingerprint density at radius 2 is 1.26 bits per heavy atom. The van der Waals surface area contributed by atoms with Gasteiger partial charge >= 0.3 is 0 Å². The van der Waals surface area contributed by atoms with Crippen molar-refractivity contribution in [3.05, 3.63) is 0 Å². The van der Waals surface area contributed by atoms with Gasteiger partial charge in [-0.05, 0) is 24.6 Å². The van der Waals surface area contributed by atoms with Crippen molar-refractivity contribution >= 4 is 8.32 Å². The predicted octanol–water partition coefficient (Wildman–Crippen LogP) is 6.82. The molecule has 27 heavy (non-hydrogen) atoms. The first-order valence-electron chi connectivity index (χ1n) is 11.6. The van der Waals surface area contributed by atoms with Gasteiger partial charge < -0.3 is 14.6 Å². The van der Waals surface area contributed by atoms with Crippen LogP contribution in [0.5, 0.6) is 0 Å². The fourth-order valence-electron chi connectivity index (χ4n) is 3.23. The number of hydrogen-bond acceptors (Lipinski definition) is 3. The van der Waals surface area contributed by atoms with Crippen LogP contribution in [0, 0.1) is 0 Å². The molecule has 2 atom stereocenters. The van der Waals surface area contributed by atoms with E-state index in [0.717, 1.165) is 12.8 Å². The Morgan fingerprint density at radius 3 is 1.67 bits per heavy atom. The molecule has 164 valence electrons. The summed E-state index contributed by atoms with van der Waals surface area (Å²) >= 11 is 0. The largest absolute Gasteiger partial charge is 0.414 e. The molecule has 0 aromatic rings. The third-order valence-electron chi connectivity index (χ3n) is 6.14. The lowest BCUT2D eigenvalue weighted by Crippen LogP contribution is -2.44. The number of aliphatic hydroxyl groups is 2. The molecule has 0 rings (SSSR count). The van der Waals surface area contributed by atoms with E-state index in [4.69, 9.17) is 4.43 Å². The van der Waals surface area contributed by atoms with Crippen LogP contribution in [0.3, 0.4) is 0 Å². The second kappa shape index (κ2) is 15.0. The van der Waals surface area contributed by atoms with Gasteiger partial charge in [0.15, 0.2) is 8.32 Å². The van der Waals surface area contributed by atoms with Gasteiger partial charge in [-0.1, -0.05) is 98.3 Å². The van der Waals surface area contributed by atoms with Gasteiger partial charge in [0.25, 0.3) is 0 Å². The molecule has 4 heteroatoms. The quantitative estimate of drug-likeness (QED) is 0.207. The topological polar surface area (TPSA) is 49.7 Å². The van der Waals surface area contributed by atoms with E-state index in [1.807, 2.05) is 0 Å². The molecule has 0 aliphatic carbocycles. The van der Waals surface area contributed by atoms with Gasteiger partial charge in [0.05, 0.1) is 12.7 Å². The van der Waals surface area contributed by atoms with E-state index >= 15 is 0 Å². The summed E-state index contributed by atoms with van der Waals surface area (Å²) in [6.45, 7) is 13.4. The minimum absolute atomic E-state index is 0.0756. The van der Waals surface area contributed by atoms with E-state index in [1.54, 1.807) is 0 Å². The first kappa shape index (κ1) is 27.1. The second-order valence-electron chi connectivity index (χ2n) is 9.90. The van der Waals surface area contributed by atoms with E-state index in [0.29, 0.717) is 6.42 Å². The van der Waals surface area contributed by atoms with E-state index in [1.165, 1.54) is 64.2 Å². The highest BCUT2D eigenvalue weighted by Crippen LogP contribution is 2.38. The molecule has 3 nitrogen and oxygen atoms in total. The molecule has 0 spiro atoms. The molecule has 2 N–H and O–H groups in total. The molecule has 0 aliphatic heterocycles. The summed E-state index contributed by atoms with van der Waals surface area (Å²) in [6.07, 6.45) is 15.8. The molecular formula is C23H50O3Si. The van der Waals surface area contributed by atoms with Gasteiger partial charge in [-0.25, -0.2) is 0 Å². The van der Waals surface area contributed by atoms with Gasteiger partial charge in [-0.15, -0.1) is 0 Å². The lowest BCUT2D eigenvalue weighted by atomic mass is 10.0. The molecule has 0 amide bonds. The fraction of sp³-hybridized carbons (Fsp3) is 1.00. The van der Waals surface area contributed by atoms with Crippen molar-refractivity contribution in [3.8, 4) is 0 Å². The van der Waals surface area contributed by atoms with Crippen LogP contribution in [0.1, 0.15) is 111 Å². The number of aliphatic hydroxyl groups excluding tert-OH is 2. The Hall–Kier alpha value is 0.0969. The van der Waals surface area contributed by atoms with Gasteiger partial charge in [0, 0.05) is 12.5 Å². The maximum atomic E-state index is 9.89. The van der Waals surface area contributed by atoms with Crippen LogP contribution in [0.15, 0.2) is 0 Å². The SMILES string of the molecule is CCCCCCCCCCCCC[C@H](C[C@H](O)CO)O[Si](C)(C)C(C)(C)C. The van der Waals surface area contributed by atoms with E-state index in [9.17, 15) is 10.2 Å². The molecule has 0 heterocycles. The molecule has 0 unspecified atom stereocenters. The van der Waals surface area contributed by atoms with Crippen molar-refractivity contribution in [1.82, 2.24) is 0 Å². The highest BCUT2D eigenvalue weighted by atomic mass is 28.4. The Morgan fingerprint density at radius 1 is 0.815 bits per heavy atom. The monoisotopic (exact) mass is 402 g/mol. The van der Waals surface area contributed by atoms with Crippen LogP contribution in [0.25, 0.3) is 0 Å². The number of unbranched alkanes of at least 4 members (excludes halogenated alkanes) is 10. The van der Waals surface area contributed by atoms with E-state index < -0.39 is 14.4 Å². The Kier molecular flexibility index (Phi) is 15.1. The summed E-state index contributed by atoms with van der Waals surface area (Å²) in [4.78, 5) is 0. The van der Waals surface area contributed by atoms with Crippen LogP contribution < -0.4 is 0 Å². The molecular weight excluding hydrogens is 352 g/mol. The van der Waals surface area contributed by atoms with Crippen LogP contribution in [-0.4, -0.2) is 37.3 Å². The summed E-state index contributed by atoms with van der Waals surface area (Å²) in [7, 11) is -1.84.